The molecule has 3 fully saturated rings. The molecule has 0 radical (unpaired) electrons. The highest BCUT2D eigenvalue weighted by Gasteiger charge is 2.53. The van der Waals surface area contributed by atoms with Crippen molar-refractivity contribution < 1.29 is 89.4 Å². The monoisotopic (exact) mass is 1310 g/mol. The molecule has 3 rings (SSSR count). The Balaban J connectivity index is 1.42. The molecule has 17 unspecified atom stereocenters. The van der Waals surface area contributed by atoms with Gasteiger partial charge < -0.3 is 89.9 Å². The smallest absolute Gasteiger partial charge is 0.220 e. The van der Waals surface area contributed by atoms with E-state index < -0.39 is 124 Å². The van der Waals surface area contributed by atoms with Crippen molar-refractivity contribution in [1.29, 1.82) is 0 Å². The number of nitrogens with one attached hydrogen (secondary N) is 1. The van der Waals surface area contributed by atoms with E-state index >= 15 is 0 Å². The van der Waals surface area contributed by atoms with Crippen molar-refractivity contribution >= 4 is 5.91 Å². The molecule has 0 aromatic carbocycles. The Morgan fingerprint density at radius 1 is 0.391 bits per heavy atom. The fourth-order valence-electron chi connectivity index (χ4n) is 12.4. The summed E-state index contributed by atoms with van der Waals surface area (Å²) in [4.78, 5) is 13.4. The quantitative estimate of drug-likeness (QED) is 0.0199. The fourth-order valence-corrected chi connectivity index (χ4v) is 12.4. The summed E-state index contributed by atoms with van der Waals surface area (Å²) in [5.41, 5.74) is 0. The Morgan fingerprint density at radius 3 is 1.16 bits per heavy atom. The molecule has 3 saturated heterocycles. The maximum atomic E-state index is 13.4. The minimum Gasteiger partial charge on any atom is -0.394 e. The van der Waals surface area contributed by atoms with E-state index in [9.17, 15) is 61.0 Å². The summed E-state index contributed by atoms with van der Waals surface area (Å²) in [6, 6.07) is -0.996. The highest BCUT2D eigenvalue weighted by molar-refractivity contribution is 5.76. The van der Waals surface area contributed by atoms with Crippen LogP contribution in [0.25, 0.3) is 0 Å². The van der Waals surface area contributed by atoms with Crippen molar-refractivity contribution in [1.82, 2.24) is 5.32 Å². The van der Waals surface area contributed by atoms with E-state index in [2.05, 4.69) is 55.6 Å². The van der Waals surface area contributed by atoms with Crippen LogP contribution in [0.1, 0.15) is 277 Å². The van der Waals surface area contributed by atoms with Crippen LogP contribution in [0.3, 0.4) is 0 Å². The van der Waals surface area contributed by atoms with Crippen molar-refractivity contribution in [2.24, 2.45) is 0 Å². The SMILES string of the molecule is CCCCCC/C=C\C/C=C\CCCCCCCCCC(=O)NC(COC1OC(CO)C(OC2OC(CO)C(OC3OC(CO)C(O)C(O)C3O)C(O)C2O)C(O)C1O)C(O)/C=C/CC/C=C/CCCCCCCCCCCCCCCCCCCCCCCCC. The topological polar surface area (TPSA) is 307 Å². The summed E-state index contributed by atoms with van der Waals surface area (Å²) >= 11 is 0. The van der Waals surface area contributed by atoms with Gasteiger partial charge in [0.15, 0.2) is 18.9 Å². The van der Waals surface area contributed by atoms with E-state index in [4.69, 9.17) is 28.4 Å². The van der Waals surface area contributed by atoms with E-state index in [0.717, 1.165) is 77.0 Å². The zero-order valence-corrected chi connectivity index (χ0v) is 57.0. The molecule has 0 aliphatic carbocycles. The highest BCUT2D eigenvalue weighted by Crippen LogP contribution is 2.33. The Labute approximate surface area is 554 Å². The third-order valence-electron chi connectivity index (χ3n) is 18.3. The van der Waals surface area contributed by atoms with E-state index in [0.29, 0.717) is 12.8 Å². The third-order valence-corrected chi connectivity index (χ3v) is 18.3. The number of hydrogen-bond acceptors (Lipinski definition) is 18. The first kappa shape index (κ1) is 84.0. The molecule has 1 amide bonds. The average molecular weight is 1310 g/mol. The number of ether oxygens (including phenoxy) is 6. The van der Waals surface area contributed by atoms with Crippen molar-refractivity contribution in [3.05, 3.63) is 48.6 Å². The minimum atomic E-state index is -1.98. The van der Waals surface area contributed by atoms with Gasteiger partial charge in [0.1, 0.15) is 73.2 Å². The summed E-state index contributed by atoms with van der Waals surface area (Å²) in [7, 11) is 0. The van der Waals surface area contributed by atoms with Gasteiger partial charge in [0.2, 0.25) is 5.91 Å². The highest BCUT2D eigenvalue weighted by atomic mass is 16.8. The lowest BCUT2D eigenvalue weighted by Crippen LogP contribution is -2.66. The van der Waals surface area contributed by atoms with Crippen LogP contribution < -0.4 is 5.32 Å². The van der Waals surface area contributed by atoms with Gasteiger partial charge >= 0.3 is 0 Å². The number of hydrogen-bond donors (Lipinski definition) is 12. The van der Waals surface area contributed by atoms with Gasteiger partial charge in [0.05, 0.1) is 38.6 Å². The number of aliphatic hydroxyl groups is 11. The average Bonchev–Trinajstić information content (AvgIpc) is 0.838. The first-order chi connectivity index (χ1) is 44.8. The van der Waals surface area contributed by atoms with Gasteiger partial charge in [-0.15, -0.1) is 0 Å². The van der Waals surface area contributed by atoms with Gasteiger partial charge in [-0.3, -0.25) is 4.79 Å². The second kappa shape index (κ2) is 54.7. The molecule has 19 heteroatoms. The largest absolute Gasteiger partial charge is 0.394 e. The van der Waals surface area contributed by atoms with Gasteiger partial charge in [-0.2, -0.15) is 0 Å². The molecule has 12 N–H and O–H groups in total. The zero-order chi connectivity index (χ0) is 66.8. The first-order valence-corrected chi connectivity index (χ1v) is 36.9. The van der Waals surface area contributed by atoms with Crippen molar-refractivity contribution in [3.63, 3.8) is 0 Å². The molecule has 17 atom stereocenters. The zero-order valence-electron chi connectivity index (χ0n) is 57.0. The van der Waals surface area contributed by atoms with E-state index in [-0.39, 0.29) is 18.9 Å². The predicted octanol–water partition coefficient (Wildman–Crippen LogP) is 10.6. The summed E-state index contributed by atoms with van der Waals surface area (Å²) < 4.78 is 34.4. The molecule has 92 heavy (non-hydrogen) atoms. The predicted molar refractivity (Wildman–Crippen MR) is 360 cm³/mol. The molecule has 3 aliphatic rings. The number of aliphatic hydroxyl groups excluding tert-OH is 11. The van der Waals surface area contributed by atoms with Gasteiger partial charge in [-0.1, -0.05) is 255 Å². The summed E-state index contributed by atoms with van der Waals surface area (Å²) in [6.45, 7) is 1.72. The van der Waals surface area contributed by atoms with E-state index in [1.165, 1.54) is 167 Å². The van der Waals surface area contributed by atoms with Crippen LogP contribution in [0.4, 0.5) is 0 Å². The van der Waals surface area contributed by atoms with Crippen LogP contribution in [-0.2, 0) is 33.2 Å². The minimum absolute atomic E-state index is 0.226. The second-order valence-corrected chi connectivity index (χ2v) is 26.4. The number of carbonyl (C=O) groups is 1. The molecular formula is C73H133NO18. The molecule has 3 aliphatic heterocycles. The molecule has 19 nitrogen and oxygen atoms in total. The van der Waals surface area contributed by atoms with Crippen LogP contribution >= 0.6 is 0 Å². The first-order valence-electron chi connectivity index (χ1n) is 36.9. The van der Waals surface area contributed by atoms with Crippen LogP contribution in [-0.4, -0.2) is 193 Å². The van der Waals surface area contributed by atoms with Gasteiger partial charge in [0.25, 0.3) is 0 Å². The molecule has 0 bridgehead atoms. The maximum Gasteiger partial charge on any atom is 0.220 e. The summed E-state index contributed by atoms with van der Waals surface area (Å²) in [6.07, 6.45) is 39.6. The number of unbranched alkanes of at least 4 members (excludes halogenated alkanes) is 35. The van der Waals surface area contributed by atoms with Crippen LogP contribution in [0.2, 0.25) is 0 Å². The van der Waals surface area contributed by atoms with E-state index in [1.807, 2.05) is 6.08 Å². The van der Waals surface area contributed by atoms with Gasteiger partial charge in [0, 0.05) is 6.42 Å². The van der Waals surface area contributed by atoms with Crippen LogP contribution in [0.15, 0.2) is 48.6 Å². The lowest BCUT2D eigenvalue weighted by Gasteiger charge is -2.48. The Morgan fingerprint density at radius 2 is 0.728 bits per heavy atom. The maximum absolute atomic E-state index is 13.4. The molecule has 538 valence electrons. The summed E-state index contributed by atoms with van der Waals surface area (Å²) in [5, 5.41) is 121. The number of carbonyl (C=O) groups excluding carboxylic acids is 1. The standard InChI is InChI=1S/C73H133NO18/c1-3-5-7-9-11-13-15-17-19-21-23-24-25-26-27-28-29-30-31-32-33-34-36-38-40-42-44-46-48-50-57(78)56(74-61(79)51-49-47-45-43-41-39-37-35-22-20-18-16-14-12-10-8-6-4-2)55-87-71-67(85)64(82)69(59(53-76)89-71)92-73-68(86)65(83)70(60(54-77)90-73)91-72-66(84)63(81)62(80)58(52-75)88-72/h14,16,20,22,40,42,48,50,56-60,62-73,75-78,80-86H,3-13,15,17-19,21,23-39,41,43-47,49,51-55H2,1-2H3,(H,74,79)/b16-14-,22-20-,42-40+,50-48+. The Hall–Kier alpha value is -2.25. The molecule has 3 heterocycles. The second-order valence-electron chi connectivity index (χ2n) is 26.4. The number of allylic oxidation sites excluding steroid dienone is 7. The van der Waals surface area contributed by atoms with Crippen LogP contribution in [0.5, 0.6) is 0 Å². The van der Waals surface area contributed by atoms with Gasteiger partial charge in [-0.25, -0.2) is 0 Å². The molecular weight excluding hydrogens is 1180 g/mol. The van der Waals surface area contributed by atoms with Crippen molar-refractivity contribution in [3.8, 4) is 0 Å². The summed E-state index contributed by atoms with van der Waals surface area (Å²) in [5.74, 6) is -0.292. The lowest BCUT2D eigenvalue weighted by molar-refractivity contribution is -0.379. The number of amides is 1. The number of rotatable bonds is 57. The third kappa shape index (κ3) is 35.8. The van der Waals surface area contributed by atoms with Crippen molar-refractivity contribution in [2.45, 2.75) is 381 Å². The van der Waals surface area contributed by atoms with Crippen molar-refractivity contribution in [2.75, 3.05) is 26.4 Å². The molecule has 0 spiro atoms. The van der Waals surface area contributed by atoms with E-state index in [1.54, 1.807) is 6.08 Å². The fraction of sp³-hybridized carbons (Fsp3) is 0.877. The Bertz CT molecular complexity index is 1860. The normalized spacial score (nSPS) is 27.9. The molecule has 0 aromatic heterocycles. The molecule has 0 saturated carbocycles. The molecule has 0 aromatic rings. The Kier molecular flexibility index (Phi) is 50.0. The lowest BCUT2D eigenvalue weighted by atomic mass is 9.96. The van der Waals surface area contributed by atoms with Crippen LogP contribution in [0, 0.1) is 0 Å². The van der Waals surface area contributed by atoms with Gasteiger partial charge in [-0.05, 0) is 64.2 Å².